The molecule has 0 aromatic rings. The molecule has 0 aliphatic heterocycles. The molecule has 0 bridgehead atoms. The summed E-state index contributed by atoms with van der Waals surface area (Å²) in [6.45, 7) is 6.70. The molecule has 0 spiro atoms. The van der Waals surface area contributed by atoms with Gasteiger partial charge in [0.05, 0.1) is 5.92 Å². The van der Waals surface area contributed by atoms with Gasteiger partial charge in [-0.05, 0) is 31.1 Å². The van der Waals surface area contributed by atoms with Crippen molar-refractivity contribution in [3.8, 4) is 11.8 Å². The molecule has 0 saturated carbocycles. The Morgan fingerprint density at radius 3 is 2.62 bits per heavy atom. The van der Waals surface area contributed by atoms with Crippen LogP contribution in [0.25, 0.3) is 0 Å². The first-order chi connectivity index (χ1) is 7.38. The average molecular weight is 222 g/mol. The van der Waals surface area contributed by atoms with Gasteiger partial charge in [0.2, 0.25) is 0 Å². The minimum Gasteiger partial charge on any atom is -0.481 e. The third-order valence-corrected chi connectivity index (χ3v) is 3.11. The number of aliphatic carboxylic acids is 1. The quantitative estimate of drug-likeness (QED) is 0.744. The van der Waals surface area contributed by atoms with E-state index in [2.05, 4.69) is 32.6 Å². The Kier molecular flexibility index (Phi) is 4.41. The normalized spacial score (nSPS) is 25.4. The maximum Gasteiger partial charge on any atom is 0.307 e. The molecule has 0 amide bonds. The molecule has 1 rings (SSSR count). The number of carboxylic acid groups (broad SMARTS) is 1. The lowest BCUT2D eigenvalue weighted by atomic mass is 9.85. The zero-order valence-electron chi connectivity index (χ0n) is 10.5. The topological polar surface area (TPSA) is 37.3 Å². The number of carboxylic acids is 1. The predicted molar refractivity (Wildman–Crippen MR) is 64.9 cm³/mol. The summed E-state index contributed by atoms with van der Waals surface area (Å²) in [6, 6.07) is 0. The first kappa shape index (κ1) is 13.1. The van der Waals surface area contributed by atoms with Crippen LogP contribution in [0.4, 0.5) is 0 Å². The van der Waals surface area contributed by atoms with Crippen molar-refractivity contribution in [2.75, 3.05) is 0 Å². The minimum absolute atomic E-state index is 0.243. The van der Waals surface area contributed by atoms with Gasteiger partial charge in [0.1, 0.15) is 0 Å². The molecule has 2 atom stereocenters. The van der Waals surface area contributed by atoms with Crippen molar-refractivity contribution in [1.82, 2.24) is 0 Å². The fourth-order valence-electron chi connectivity index (χ4n) is 1.94. The molecule has 16 heavy (non-hydrogen) atoms. The van der Waals surface area contributed by atoms with Crippen molar-refractivity contribution >= 4 is 5.97 Å². The second-order valence-corrected chi connectivity index (χ2v) is 5.93. The molecule has 0 saturated heterocycles. The fraction of sp³-hybridized carbons (Fsp3) is 0.786. The van der Waals surface area contributed by atoms with Crippen LogP contribution in [0.1, 0.15) is 52.9 Å². The Bertz CT molecular complexity index is 301. The van der Waals surface area contributed by atoms with Gasteiger partial charge in [-0.15, -0.1) is 5.92 Å². The van der Waals surface area contributed by atoms with Crippen LogP contribution in [0.2, 0.25) is 0 Å². The highest BCUT2D eigenvalue weighted by molar-refractivity contribution is 5.70. The third-order valence-electron chi connectivity index (χ3n) is 3.11. The van der Waals surface area contributed by atoms with Crippen LogP contribution in [-0.4, -0.2) is 11.1 Å². The van der Waals surface area contributed by atoms with Crippen LogP contribution in [0, 0.1) is 29.1 Å². The maximum atomic E-state index is 10.9. The van der Waals surface area contributed by atoms with E-state index < -0.39 is 5.97 Å². The molecule has 1 N–H and O–H groups in total. The number of hydrogen-bond acceptors (Lipinski definition) is 1. The van der Waals surface area contributed by atoms with Crippen LogP contribution < -0.4 is 0 Å². The molecular formula is C14H22O2. The summed E-state index contributed by atoms with van der Waals surface area (Å²) in [7, 11) is 0. The summed E-state index contributed by atoms with van der Waals surface area (Å²) in [6.07, 6.45) is 4.50. The molecule has 1 aliphatic rings. The Labute approximate surface area is 98.4 Å². The standard InChI is InChI=1S/C14H22O2/c1-14(2,3)10-9-11-5-4-6-12(8-7-11)13(15)16/h11-12H,6-10H2,1-3H3,(H,15,16). The Balaban J connectivity index is 2.41. The molecule has 2 nitrogen and oxygen atoms in total. The average Bonchev–Trinajstić information content (AvgIpc) is 2.38. The zero-order valence-corrected chi connectivity index (χ0v) is 10.5. The van der Waals surface area contributed by atoms with Crippen molar-refractivity contribution < 1.29 is 9.90 Å². The Morgan fingerprint density at radius 2 is 2.06 bits per heavy atom. The van der Waals surface area contributed by atoms with Crippen LogP contribution in [0.15, 0.2) is 0 Å². The first-order valence-electron chi connectivity index (χ1n) is 6.10. The fourth-order valence-corrected chi connectivity index (χ4v) is 1.94. The first-order valence-corrected chi connectivity index (χ1v) is 6.10. The van der Waals surface area contributed by atoms with E-state index in [9.17, 15) is 4.79 Å². The summed E-state index contributed by atoms with van der Waals surface area (Å²) in [5.74, 6) is 5.73. The molecule has 0 aromatic carbocycles. The molecule has 1 aliphatic carbocycles. The molecular weight excluding hydrogens is 200 g/mol. The third kappa shape index (κ3) is 4.70. The van der Waals surface area contributed by atoms with Crippen molar-refractivity contribution in [2.24, 2.45) is 17.3 Å². The van der Waals surface area contributed by atoms with Gasteiger partial charge >= 0.3 is 5.97 Å². The van der Waals surface area contributed by atoms with Crippen LogP contribution in [-0.2, 0) is 4.79 Å². The van der Waals surface area contributed by atoms with Gasteiger partial charge in [-0.25, -0.2) is 0 Å². The van der Waals surface area contributed by atoms with E-state index in [0.29, 0.717) is 17.8 Å². The summed E-state index contributed by atoms with van der Waals surface area (Å²) in [4.78, 5) is 10.9. The van der Waals surface area contributed by atoms with Crippen LogP contribution in [0.3, 0.4) is 0 Å². The Morgan fingerprint density at radius 1 is 1.38 bits per heavy atom. The molecule has 0 radical (unpaired) electrons. The SMILES string of the molecule is CC(C)(C)CCC1C#CCC(C(=O)O)CC1. The molecule has 90 valence electrons. The maximum absolute atomic E-state index is 10.9. The molecule has 2 heteroatoms. The van der Waals surface area contributed by atoms with E-state index in [1.165, 1.54) is 0 Å². The van der Waals surface area contributed by atoms with Crippen molar-refractivity contribution in [1.29, 1.82) is 0 Å². The monoisotopic (exact) mass is 222 g/mol. The number of carbonyl (C=O) groups is 1. The lowest BCUT2D eigenvalue weighted by Crippen LogP contribution is -2.13. The van der Waals surface area contributed by atoms with E-state index >= 15 is 0 Å². The van der Waals surface area contributed by atoms with Crippen molar-refractivity contribution in [3.63, 3.8) is 0 Å². The smallest absolute Gasteiger partial charge is 0.307 e. The van der Waals surface area contributed by atoms with Crippen molar-refractivity contribution in [3.05, 3.63) is 0 Å². The van der Waals surface area contributed by atoms with Gasteiger partial charge < -0.3 is 5.11 Å². The van der Waals surface area contributed by atoms with Gasteiger partial charge in [-0.3, -0.25) is 4.79 Å². The number of hydrogen-bond donors (Lipinski definition) is 1. The van der Waals surface area contributed by atoms with Crippen LogP contribution >= 0.6 is 0 Å². The highest BCUT2D eigenvalue weighted by Crippen LogP contribution is 2.28. The van der Waals surface area contributed by atoms with Gasteiger partial charge in [-0.1, -0.05) is 26.7 Å². The summed E-state index contributed by atoms with van der Waals surface area (Å²) < 4.78 is 0. The highest BCUT2D eigenvalue weighted by atomic mass is 16.4. The van der Waals surface area contributed by atoms with Gasteiger partial charge in [0.15, 0.2) is 0 Å². The van der Waals surface area contributed by atoms with Gasteiger partial charge in [0.25, 0.3) is 0 Å². The van der Waals surface area contributed by atoms with Crippen molar-refractivity contribution in [2.45, 2.75) is 52.9 Å². The van der Waals surface area contributed by atoms with E-state index in [0.717, 1.165) is 25.7 Å². The van der Waals surface area contributed by atoms with E-state index in [4.69, 9.17) is 5.11 Å². The highest BCUT2D eigenvalue weighted by Gasteiger charge is 2.21. The van der Waals surface area contributed by atoms with Gasteiger partial charge in [-0.2, -0.15) is 0 Å². The lowest BCUT2D eigenvalue weighted by molar-refractivity contribution is -0.141. The van der Waals surface area contributed by atoms with Gasteiger partial charge in [0, 0.05) is 12.3 Å². The summed E-state index contributed by atoms with van der Waals surface area (Å²) in [5.41, 5.74) is 0.347. The molecule has 0 fully saturated rings. The number of rotatable bonds is 3. The molecule has 2 unspecified atom stereocenters. The summed E-state index contributed by atoms with van der Waals surface area (Å²) >= 11 is 0. The minimum atomic E-state index is -0.689. The van der Waals surface area contributed by atoms with E-state index in [1.807, 2.05) is 0 Å². The summed E-state index contributed by atoms with van der Waals surface area (Å²) in [5, 5.41) is 8.94. The Hall–Kier alpha value is -0.970. The lowest BCUT2D eigenvalue weighted by Gasteiger charge is -2.20. The van der Waals surface area contributed by atoms with Crippen LogP contribution in [0.5, 0.6) is 0 Å². The second-order valence-electron chi connectivity index (χ2n) is 5.93. The largest absolute Gasteiger partial charge is 0.481 e. The zero-order chi connectivity index (χ0) is 12.2. The predicted octanol–water partition coefficient (Wildman–Crippen LogP) is 3.32. The molecule has 0 aromatic heterocycles. The van der Waals surface area contributed by atoms with E-state index in [1.54, 1.807) is 0 Å². The van der Waals surface area contributed by atoms with E-state index in [-0.39, 0.29) is 5.92 Å². The molecule has 0 heterocycles. The second kappa shape index (κ2) is 5.39.